The summed E-state index contributed by atoms with van der Waals surface area (Å²) in [5.74, 6) is 8.01. The summed E-state index contributed by atoms with van der Waals surface area (Å²) in [7, 11) is 4.67. The van der Waals surface area contributed by atoms with Gasteiger partial charge in [-0.3, -0.25) is 0 Å². The van der Waals surface area contributed by atoms with E-state index in [1.165, 1.54) is 6.33 Å². The Bertz CT molecular complexity index is 596. The van der Waals surface area contributed by atoms with Gasteiger partial charge in [0.25, 0.3) is 0 Å². The molecule has 0 unspecified atom stereocenters. The van der Waals surface area contributed by atoms with Crippen LogP contribution in [0.15, 0.2) is 24.5 Å². The fraction of sp³-hybridized carbons (Fsp3) is 0.231. The van der Waals surface area contributed by atoms with Gasteiger partial charge in [-0.1, -0.05) is 0 Å². The van der Waals surface area contributed by atoms with Gasteiger partial charge in [0.05, 0.1) is 21.3 Å². The van der Waals surface area contributed by atoms with Gasteiger partial charge in [0.15, 0.2) is 11.5 Å². The summed E-state index contributed by atoms with van der Waals surface area (Å²) in [6.07, 6.45) is 1.40. The lowest BCUT2D eigenvalue weighted by atomic mass is 10.2. The Morgan fingerprint density at radius 3 is 2.05 bits per heavy atom. The molecule has 1 aromatic carbocycles. The molecule has 0 amide bonds. The van der Waals surface area contributed by atoms with Gasteiger partial charge in [-0.15, -0.1) is 0 Å². The molecular weight excluding hydrogens is 274 g/mol. The molecule has 0 radical (unpaired) electrons. The molecule has 0 saturated carbocycles. The van der Waals surface area contributed by atoms with E-state index in [9.17, 15) is 0 Å². The zero-order valence-corrected chi connectivity index (χ0v) is 12.0. The van der Waals surface area contributed by atoms with Gasteiger partial charge in [-0.2, -0.15) is 0 Å². The number of nitrogens with zero attached hydrogens (tertiary/aromatic N) is 2. The Labute approximate surface area is 122 Å². The van der Waals surface area contributed by atoms with Crippen molar-refractivity contribution in [3.05, 3.63) is 24.5 Å². The van der Waals surface area contributed by atoms with E-state index in [1.807, 2.05) is 0 Å². The Balaban J connectivity index is 2.35. The van der Waals surface area contributed by atoms with Crippen LogP contribution in [0.25, 0.3) is 0 Å². The maximum Gasteiger partial charge on any atom is 0.203 e. The summed E-state index contributed by atoms with van der Waals surface area (Å²) in [6, 6.07) is 5.22. The van der Waals surface area contributed by atoms with Crippen LogP contribution in [0.4, 0.5) is 17.3 Å². The third kappa shape index (κ3) is 3.23. The molecule has 8 nitrogen and oxygen atoms in total. The molecule has 8 heteroatoms. The van der Waals surface area contributed by atoms with E-state index in [4.69, 9.17) is 20.1 Å². The highest BCUT2D eigenvalue weighted by Crippen LogP contribution is 2.40. The zero-order valence-electron chi connectivity index (χ0n) is 12.0. The fourth-order valence-corrected chi connectivity index (χ4v) is 1.81. The first kappa shape index (κ1) is 14.7. The molecule has 112 valence electrons. The number of ether oxygens (including phenoxy) is 3. The maximum atomic E-state index is 5.32. The average Bonchev–Trinajstić information content (AvgIpc) is 2.53. The molecule has 1 heterocycles. The molecule has 2 aromatic rings. The first-order chi connectivity index (χ1) is 10.2. The van der Waals surface area contributed by atoms with Crippen molar-refractivity contribution in [1.82, 2.24) is 9.97 Å². The molecule has 0 spiro atoms. The highest BCUT2D eigenvalue weighted by atomic mass is 16.5. The molecule has 2 rings (SSSR count). The van der Waals surface area contributed by atoms with E-state index in [1.54, 1.807) is 39.5 Å². The molecule has 0 bridgehead atoms. The van der Waals surface area contributed by atoms with Gasteiger partial charge in [0, 0.05) is 23.9 Å². The van der Waals surface area contributed by atoms with E-state index in [0.29, 0.717) is 28.9 Å². The summed E-state index contributed by atoms with van der Waals surface area (Å²) < 4.78 is 15.9. The number of hydrogen-bond acceptors (Lipinski definition) is 8. The van der Waals surface area contributed by atoms with E-state index >= 15 is 0 Å². The summed E-state index contributed by atoms with van der Waals surface area (Å²) in [5, 5.41) is 3.12. The van der Waals surface area contributed by atoms with Crippen LogP contribution in [0.2, 0.25) is 0 Å². The second kappa shape index (κ2) is 6.62. The van der Waals surface area contributed by atoms with E-state index in [0.717, 1.165) is 5.69 Å². The lowest BCUT2D eigenvalue weighted by molar-refractivity contribution is 0.324. The third-order valence-electron chi connectivity index (χ3n) is 2.75. The van der Waals surface area contributed by atoms with Crippen LogP contribution in [-0.2, 0) is 0 Å². The van der Waals surface area contributed by atoms with Crippen molar-refractivity contribution in [3.8, 4) is 17.2 Å². The Morgan fingerprint density at radius 2 is 1.52 bits per heavy atom. The number of nitrogens with two attached hydrogens (primary N) is 1. The van der Waals surface area contributed by atoms with Crippen LogP contribution >= 0.6 is 0 Å². The highest BCUT2D eigenvalue weighted by molar-refractivity contribution is 5.67. The van der Waals surface area contributed by atoms with Gasteiger partial charge in [-0.05, 0) is 0 Å². The van der Waals surface area contributed by atoms with Gasteiger partial charge in [0.1, 0.15) is 18.0 Å². The van der Waals surface area contributed by atoms with Crippen molar-refractivity contribution < 1.29 is 14.2 Å². The summed E-state index contributed by atoms with van der Waals surface area (Å²) >= 11 is 0. The maximum absolute atomic E-state index is 5.32. The van der Waals surface area contributed by atoms with Crippen LogP contribution in [0.3, 0.4) is 0 Å². The number of methoxy groups -OCH3 is 3. The van der Waals surface area contributed by atoms with E-state index in [-0.39, 0.29) is 0 Å². The zero-order chi connectivity index (χ0) is 15.2. The largest absolute Gasteiger partial charge is 0.493 e. The molecule has 0 aliphatic rings. The molecule has 0 aliphatic heterocycles. The van der Waals surface area contributed by atoms with Crippen molar-refractivity contribution >= 4 is 17.3 Å². The second-order valence-corrected chi connectivity index (χ2v) is 3.97. The minimum absolute atomic E-state index is 0.500. The Morgan fingerprint density at radius 1 is 0.905 bits per heavy atom. The molecule has 4 N–H and O–H groups in total. The van der Waals surface area contributed by atoms with Crippen molar-refractivity contribution in [2.45, 2.75) is 0 Å². The van der Waals surface area contributed by atoms with E-state index < -0.39 is 0 Å². The predicted molar refractivity (Wildman–Crippen MR) is 79.2 cm³/mol. The number of nitrogens with one attached hydrogen (secondary N) is 2. The number of hydrazine groups is 1. The number of benzene rings is 1. The van der Waals surface area contributed by atoms with Crippen molar-refractivity contribution in [3.63, 3.8) is 0 Å². The summed E-state index contributed by atoms with van der Waals surface area (Å²) in [5.41, 5.74) is 3.18. The first-order valence-corrected chi connectivity index (χ1v) is 6.07. The van der Waals surface area contributed by atoms with Crippen LogP contribution in [0, 0.1) is 0 Å². The lowest BCUT2D eigenvalue weighted by Crippen LogP contribution is -2.09. The van der Waals surface area contributed by atoms with Crippen molar-refractivity contribution in [2.24, 2.45) is 5.84 Å². The molecule has 0 aliphatic carbocycles. The lowest BCUT2D eigenvalue weighted by Gasteiger charge is -2.15. The summed E-state index contributed by atoms with van der Waals surface area (Å²) in [4.78, 5) is 8.04. The van der Waals surface area contributed by atoms with Crippen LogP contribution in [0.5, 0.6) is 17.2 Å². The number of nitrogen functional groups attached to an aromatic ring is 1. The molecule has 1 aromatic heterocycles. The summed E-state index contributed by atoms with van der Waals surface area (Å²) in [6.45, 7) is 0. The predicted octanol–water partition coefficient (Wildman–Crippen LogP) is 1.53. The molecule has 0 atom stereocenters. The standard InChI is InChI=1S/C13H17N5O3/c1-19-9-4-8(5-10(20-2)13(9)21-3)17-11-6-12(18-14)16-7-15-11/h4-7H,14H2,1-3H3,(H2,15,16,17,18). The highest BCUT2D eigenvalue weighted by Gasteiger charge is 2.13. The van der Waals surface area contributed by atoms with Gasteiger partial charge in [-0.25, -0.2) is 15.8 Å². The molecule has 0 fully saturated rings. The Kier molecular flexibility index (Phi) is 4.62. The average molecular weight is 291 g/mol. The quantitative estimate of drug-likeness (QED) is 0.544. The fourth-order valence-electron chi connectivity index (χ4n) is 1.81. The minimum atomic E-state index is 0.500. The Hall–Kier alpha value is -2.74. The van der Waals surface area contributed by atoms with Gasteiger partial charge < -0.3 is 25.0 Å². The third-order valence-corrected chi connectivity index (χ3v) is 2.75. The molecular formula is C13H17N5O3. The van der Waals surface area contributed by atoms with E-state index in [2.05, 4.69) is 20.7 Å². The van der Waals surface area contributed by atoms with Crippen molar-refractivity contribution in [1.29, 1.82) is 0 Å². The smallest absolute Gasteiger partial charge is 0.203 e. The van der Waals surface area contributed by atoms with Gasteiger partial charge in [0.2, 0.25) is 5.75 Å². The van der Waals surface area contributed by atoms with Crippen molar-refractivity contribution in [2.75, 3.05) is 32.1 Å². The second-order valence-electron chi connectivity index (χ2n) is 3.97. The van der Waals surface area contributed by atoms with Crippen LogP contribution < -0.4 is 30.8 Å². The molecule has 21 heavy (non-hydrogen) atoms. The number of hydrogen-bond donors (Lipinski definition) is 3. The normalized spacial score (nSPS) is 9.90. The first-order valence-electron chi connectivity index (χ1n) is 6.07. The van der Waals surface area contributed by atoms with Crippen LogP contribution in [0.1, 0.15) is 0 Å². The SMILES string of the molecule is COc1cc(Nc2cc(NN)ncn2)cc(OC)c1OC. The monoisotopic (exact) mass is 291 g/mol. The minimum Gasteiger partial charge on any atom is -0.493 e. The van der Waals surface area contributed by atoms with Gasteiger partial charge >= 0.3 is 0 Å². The number of aromatic nitrogens is 2. The topological polar surface area (TPSA) is 104 Å². The number of anilines is 3. The molecule has 0 saturated heterocycles. The van der Waals surface area contributed by atoms with Crippen LogP contribution in [-0.4, -0.2) is 31.3 Å². The number of rotatable bonds is 6.